The van der Waals surface area contributed by atoms with Gasteiger partial charge in [0, 0.05) is 18.8 Å². The molecule has 0 bridgehead atoms. The molecule has 0 radical (unpaired) electrons. The Morgan fingerprint density at radius 1 is 1.32 bits per heavy atom. The highest BCUT2D eigenvalue weighted by molar-refractivity contribution is 5.88. The summed E-state index contributed by atoms with van der Waals surface area (Å²) < 4.78 is 16.4. The van der Waals surface area contributed by atoms with Crippen LogP contribution in [-0.4, -0.2) is 37.3 Å². The molecule has 0 saturated carbocycles. The Hall–Kier alpha value is -2.34. The van der Waals surface area contributed by atoms with Crippen molar-refractivity contribution in [1.82, 2.24) is 4.98 Å². The molecule has 1 aromatic heterocycles. The van der Waals surface area contributed by atoms with Gasteiger partial charge in [0.2, 0.25) is 0 Å². The van der Waals surface area contributed by atoms with Crippen LogP contribution in [-0.2, 0) is 15.9 Å². The molecule has 2 aliphatic heterocycles. The van der Waals surface area contributed by atoms with E-state index >= 15 is 0 Å². The molecule has 0 amide bonds. The van der Waals surface area contributed by atoms with Gasteiger partial charge in [0.15, 0.2) is 17.8 Å². The number of oxazole rings is 1. The summed E-state index contributed by atoms with van der Waals surface area (Å²) in [6.45, 7) is 2.68. The van der Waals surface area contributed by atoms with Crippen molar-refractivity contribution in [2.24, 2.45) is 0 Å². The molecule has 0 aliphatic carbocycles. The van der Waals surface area contributed by atoms with Gasteiger partial charge in [-0.15, -0.1) is 0 Å². The largest absolute Gasteiger partial charge is 0.459 e. The van der Waals surface area contributed by atoms with Gasteiger partial charge in [0.05, 0.1) is 6.54 Å². The van der Waals surface area contributed by atoms with Crippen LogP contribution >= 0.6 is 0 Å². The first-order valence-electron chi connectivity index (χ1n) is 8.88. The van der Waals surface area contributed by atoms with Gasteiger partial charge >= 0.3 is 5.97 Å². The molecule has 25 heavy (non-hydrogen) atoms. The van der Waals surface area contributed by atoms with Crippen LogP contribution in [0.4, 0.5) is 5.69 Å². The van der Waals surface area contributed by atoms with Gasteiger partial charge in [-0.1, -0.05) is 18.2 Å². The summed E-state index contributed by atoms with van der Waals surface area (Å²) in [4.78, 5) is 18.7. The van der Waals surface area contributed by atoms with Crippen molar-refractivity contribution in [3.63, 3.8) is 0 Å². The summed E-state index contributed by atoms with van der Waals surface area (Å²) in [5, 5.41) is 0. The molecule has 0 spiro atoms. The minimum Gasteiger partial charge on any atom is -0.459 e. The van der Waals surface area contributed by atoms with Crippen LogP contribution in [0.15, 0.2) is 35.1 Å². The zero-order chi connectivity index (χ0) is 17.1. The third-order valence-corrected chi connectivity index (χ3v) is 4.81. The number of aryl methyl sites for hydroxylation is 1. The summed E-state index contributed by atoms with van der Waals surface area (Å²) in [7, 11) is 0. The molecule has 132 valence electrons. The smallest absolute Gasteiger partial charge is 0.360 e. The molecule has 6 nitrogen and oxygen atoms in total. The van der Waals surface area contributed by atoms with Crippen molar-refractivity contribution in [2.45, 2.75) is 31.8 Å². The predicted octanol–water partition coefficient (Wildman–Crippen LogP) is 3.14. The van der Waals surface area contributed by atoms with E-state index in [1.54, 1.807) is 0 Å². The van der Waals surface area contributed by atoms with Gasteiger partial charge in [0.1, 0.15) is 12.7 Å². The van der Waals surface area contributed by atoms with Gasteiger partial charge in [-0.25, -0.2) is 9.78 Å². The second-order valence-electron chi connectivity index (χ2n) is 6.42. The third-order valence-electron chi connectivity index (χ3n) is 4.81. The van der Waals surface area contributed by atoms with Gasteiger partial charge in [-0.05, 0) is 37.3 Å². The van der Waals surface area contributed by atoms with Crippen molar-refractivity contribution in [3.05, 3.63) is 47.7 Å². The van der Waals surface area contributed by atoms with Gasteiger partial charge in [0.25, 0.3) is 0 Å². The van der Waals surface area contributed by atoms with E-state index in [0.717, 1.165) is 32.2 Å². The number of nitrogens with zero attached hydrogens (tertiary/aromatic N) is 2. The lowest BCUT2D eigenvalue weighted by molar-refractivity contribution is 0.0487. The maximum Gasteiger partial charge on any atom is 0.360 e. The zero-order valence-corrected chi connectivity index (χ0v) is 14.1. The monoisotopic (exact) mass is 342 g/mol. The second kappa shape index (κ2) is 7.27. The normalized spacial score (nSPS) is 19.7. The number of fused-ring (bicyclic) bond motifs is 1. The molecule has 1 aromatic carbocycles. The van der Waals surface area contributed by atoms with E-state index in [2.05, 4.69) is 28.1 Å². The van der Waals surface area contributed by atoms with Crippen LogP contribution in [0.2, 0.25) is 0 Å². The number of para-hydroxylation sites is 1. The maximum absolute atomic E-state index is 12.4. The zero-order valence-electron chi connectivity index (χ0n) is 14.1. The number of benzene rings is 1. The molecule has 4 rings (SSSR count). The van der Waals surface area contributed by atoms with Crippen LogP contribution in [0.3, 0.4) is 0 Å². The Morgan fingerprint density at radius 2 is 2.24 bits per heavy atom. The quantitative estimate of drug-likeness (QED) is 0.778. The number of ether oxygens (including phenoxy) is 2. The molecule has 3 heterocycles. The third kappa shape index (κ3) is 3.39. The number of hydrogen-bond acceptors (Lipinski definition) is 6. The fourth-order valence-electron chi connectivity index (χ4n) is 3.58. The van der Waals surface area contributed by atoms with Crippen LogP contribution in [0.5, 0.6) is 0 Å². The Morgan fingerprint density at radius 3 is 3.12 bits per heavy atom. The number of esters is 1. The number of rotatable bonds is 5. The molecule has 1 fully saturated rings. The van der Waals surface area contributed by atoms with Crippen molar-refractivity contribution < 1.29 is 18.7 Å². The van der Waals surface area contributed by atoms with E-state index in [4.69, 9.17) is 13.9 Å². The molecule has 1 unspecified atom stereocenters. The summed E-state index contributed by atoms with van der Waals surface area (Å²) in [6, 6.07) is 8.41. The minimum absolute atomic E-state index is 0.181. The SMILES string of the molecule is O=C(OCCN1CCCc2ccccc21)c1ncoc1C1CCCO1. The van der Waals surface area contributed by atoms with Crippen molar-refractivity contribution in [1.29, 1.82) is 0 Å². The summed E-state index contributed by atoms with van der Waals surface area (Å²) in [5.74, 6) is 0.0513. The minimum atomic E-state index is -0.440. The van der Waals surface area contributed by atoms with E-state index < -0.39 is 5.97 Å². The van der Waals surface area contributed by atoms with E-state index in [9.17, 15) is 4.79 Å². The van der Waals surface area contributed by atoms with E-state index in [0.29, 0.717) is 25.5 Å². The average Bonchev–Trinajstić information content (AvgIpc) is 3.33. The van der Waals surface area contributed by atoms with E-state index in [1.165, 1.54) is 17.6 Å². The molecular formula is C19H22N2O4. The number of aromatic nitrogens is 1. The predicted molar refractivity (Wildman–Crippen MR) is 91.7 cm³/mol. The summed E-state index contributed by atoms with van der Waals surface area (Å²) >= 11 is 0. The van der Waals surface area contributed by atoms with Crippen molar-refractivity contribution in [3.8, 4) is 0 Å². The summed E-state index contributed by atoms with van der Waals surface area (Å²) in [5.41, 5.74) is 2.84. The van der Waals surface area contributed by atoms with Gasteiger partial charge in [-0.2, -0.15) is 0 Å². The highest BCUT2D eigenvalue weighted by atomic mass is 16.5. The van der Waals surface area contributed by atoms with Gasteiger partial charge < -0.3 is 18.8 Å². The second-order valence-corrected chi connectivity index (χ2v) is 6.42. The lowest BCUT2D eigenvalue weighted by Crippen LogP contribution is -2.33. The highest BCUT2D eigenvalue weighted by Crippen LogP contribution is 2.31. The number of hydrogen-bond donors (Lipinski definition) is 0. The van der Waals surface area contributed by atoms with E-state index in [-0.39, 0.29) is 11.8 Å². The summed E-state index contributed by atoms with van der Waals surface area (Å²) in [6.07, 6.45) is 5.15. The first kappa shape index (κ1) is 16.1. The van der Waals surface area contributed by atoms with E-state index in [1.807, 2.05) is 6.07 Å². The standard InChI is InChI=1S/C19H22N2O4/c22-19(17-18(25-13-20-17)16-8-4-11-23-16)24-12-10-21-9-3-6-14-5-1-2-7-15(14)21/h1-2,5,7,13,16H,3-4,6,8-12H2. The lowest BCUT2D eigenvalue weighted by atomic mass is 10.0. The molecular weight excluding hydrogens is 320 g/mol. The molecule has 6 heteroatoms. The first-order valence-corrected chi connectivity index (χ1v) is 8.88. The molecule has 1 saturated heterocycles. The highest BCUT2D eigenvalue weighted by Gasteiger charge is 2.29. The Bertz CT molecular complexity index is 737. The average molecular weight is 342 g/mol. The van der Waals surface area contributed by atoms with Crippen molar-refractivity contribution in [2.75, 3.05) is 31.2 Å². The molecule has 1 atom stereocenters. The van der Waals surface area contributed by atoms with Gasteiger partial charge in [-0.3, -0.25) is 0 Å². The Balaban J connectivity index is 1.35. The Labute approximate surface area is 146 Å². The Kier molecular flexibility index (Phi) is 4.70. The fraction of sp³-hybridized carbons (Fsp3) is 0.474. The van der Waals surface area contributed by atoms with Crippen LogP contribution in [0.25, 0.3) is 0 Å². The first-order chi connectivity index (χ1) is 12.3. The lowest BCUT2D eigenvalue weighted by Gasteiger charge is -2.31. The molecule has 2 aliphatic rings. The maximum atomic E-state index is 12.4. The topological polar surface area (TPSA) is 64.8 Å². The van der Waals surface area contributed by atoms with Crippen molar-refractivity contribution >= 4 is 11.7 Å². The molecule has 0 N–H and O–H groups in total. The fourth-order valence-corrected chi connectivity index (χ4v) is 3.58. The van der Waals surface area contributed by atoms with Crippen LogP contribution in [0.1, 0.15) is 47.2 Å². The van der Waals surface area contributed by atoms with Crippen LogP contribution in [0, 0.1) is 0 Å². The van der Waals surface area contributed by atoms with Crippen LogP contribution < -0.4 is 4.90 Å². The number of carbonyl (C=O) groups excluding carboxylic acids is 1. The molecule has 2 aromatic rings. The number of anilines is 1. The number of carbonyl (C=O) groups is 1.